The van der Waals surface area contributed by atoms with Gasteiger partial charge < -0.3 is 14.8 Å². The van der Waals surface area contributed by atoms with E-state index in [0.29, 0.717) is 18.8 Å². The van der Waals surface area contributed by atoms with Gasteiger partial charge in [0.15, 0.2) is 0 Å². The molecule has 0 spiro atoms. The second kappa shape index (κ2) is 5.29. The molecule has 0 heterocycles. The van der Waals surface area contributed by atoms with Gasteiger partial charge in [0.1, 0.15) is 5.75 Å². The summed E-state index contributed by atoms with van der Waals surface area (Å²) in [7, 11) is 3.70. The molecular weight excluding hydrogens is 226 g/mol. The highest BCUT2D eigenvalue weighted by Gasteiger charge is 2.48. The van der Waals surface area contributed by atoms with Crippen molar-refractivity contribution < 1.29 is 9.47 Å². The SMILES string of the molecule is CNC1CC(OCc2ccc(OC)cc2)C1(C)C. The Balaban J connectivity index is 1.85. The van der Waals surface area contributed by atoms with Gasteiger partial charge in [0, 0.05) is 11.5 Å². The summed E-state index contributed by atoms with van der Waals surface area (Å²) in [6, 6.07) is 8.63. The van der Waals surface area contributed by atoms with Crippen LogP contribution in [0.4, 0.5) is 0 Å². The summed E-state index contributed by atoms with van der Waals surface area (Å²) in [5.74, 6) is 0.887. The molecule has 0 radical (unpaired) electrons. The number of hydrogen-bond donors (Lipinski definition) is 1. The normalized spacial score (nSPS) is 25.6. The molecule has 3 heteroatoms. The van der Waals surface area contributed by atoms with E-state index in [0.717, 1.165) is 12.2 Å². The zero-order valence-electron chi connectivity index (χ0n) is 11.7. The molecule has 3 nitrogen and oxygen atoms in total. The smallest absolute Gasteiger partial charge is 0.118 e. The minimum Gasteiger partial charge on any atom is -0.497 e. The second-order valence-electron chi connectivity index (χ2n) is 5.55. The van der Waals surface area contributed by atoms with Crippen LogP contribution in [0.5, 0.6) is 5.75 Å². The molecule has 0 aliphatic heterocycles. The van der Waals surface area contributed by atoms with Gasteiger partial charge in [0.2, 0.25) is 0 Å². The van der Waals surface area contributed by atoms with E-state index in [1.165, 1.54) is 5.56 Å². The van der Waals surface area contributed by atoms with Crippen LogP contribution in [-0.4, -0.2) is 26.3 Å². The molecule has 1 N–H and O–H groups in total. The molecule has 0 aromatic heterocycles. The summed E-state index contributed by atoms with van der Waals surface area (Å²) in [6.07, 6.45) is 1.44. The van der Waals surface area contributed by atoms with Crippen LogP contribution in [0.3, 0.4) is 0 Å². The van der Waals surface area contributed by atoms with Crippen molar-refractivity contribution >= 4 is 0 Å². The first-order chi connectivity index (χ1) is 8.57. The first kappa shape index (κ1) is 13.4. The number of rotatable bonds is 5. The number of hydrogen-bond acceptors (Lipinski definition) is 3. The van der Waals surface area contributed by atoms with E-state index < -0.39 is 0 Å². The number of ether oxygens (including phenoxy) is 2. The third-order valence-electron chi connectivity index (χ3n) is 4.14. The van der Waals surface area contributed by atoms with Crippen molar-refractivity contribution in [2.24, 2.45) is 5.41 Å². The maximum Gasteiger partial charge on any atom is 0.118 e. The molecule has 1 aromatic carbocycles. The van der Waals surface area contributed by atoms with Crippen LogP contribution in [0.25, 0.3) is 0 Å². The standard InChI is InChI=1S/C15H23NO2/c1-15(2)13(16-3)9-14(15)18-10-11-5-7-12(17-4)8-6-11/h5-8,13-14,16H,9-10H2,1-4H3. The fourth-order valence-corrected chi connectivity index (χ4v) is 2.58. The average Bonchev–Trinajstić information content (AvgIpc) is 2.38. The number of nitrogens with one attached hydrogen (secondary N) is 1. The summed E-state index contributed by atoms with van der Waals surface area (Å²) >= 11 is 0. The Bertz CT molecular complexity index is 386. The van der Waals surface area contributed by atoms with Crippen molar-refractivity contribution in [2.45, 2.75) is 39.0 Å². The Labute approximate surface area is 109 Å². The van der Waals surface area contributed by atoms with Crippen molar-refractivity contribution in [1.82, 2.24) is 5.32 Å². The predicted octanol–water partition coefficient (Wildman–Crippen LogP) is 2.60. The van der Waals surface area contributed by atoms with Crippen LogP contribution in [-0.2, 0) is 11.3 Å². The topological polar surface area (TPSA) is 30.5 Å². The van der Waals surface area contributed by atoms with Gasteiger partial charge in [-0.15, -0.1) is 0 Å². The van der Waals surface area contributed by atoms with Crippen molar-refractivity contribution in [2.75, 3.05) is 14.2 Å². The van der Waals surface area contributed by atoms with Gasteiger partial charge in [-0.25, -0.2) is 0 Å². The van der Waals surface area contributed by atoms with Gasteiger partial charge in [-0.1, -0.05) is 26.0 Å². The fraction of sp³-hybridized carbons (Fsp3) is 0.600. The Kier molecular flexibility index (Phi) is 3.93. The van der Waals surface area contributed by atoms with Gasteiger partial charge in [-0.2, -0.15) is 0 Å². The van der Waals surface area contributed by atoms with Crippen LogP contribution in [0.15, 0.2) is 24.3 Å². The minimum absolute atomic E-state index is 0.223. The number of methoxy groups -OCH3 is 1. The molecule has 1 aliphatic carbocycles. The summed E-state index contributed by atoms with van der Waals surface area (Å²) < 4.78 is 11.1. The first-order valence-electron chi connectivity index (χ1n) is 6.49. The van der Waals surface area contributed by atoms with Gasteiger partial charge in [0.25, 0.3) is 0 Å². The highest BCUT2D eigenvalue weighted by atomic mass is 16.5. The van der Waals surface area contributed by atoms with Gasteiger partial charge in [-0.05, 0) is 31.2 Å². The van der Waals surface area contributed by atoms with E-state index in [-0.39, 0.29) is 5.41 Å². The van der Waals surface area contributed by atoms with Crippen molar-refractivity contribution in [1.29, 1.82) is 0 Å². The minimum atomic E-state index is 0.223. The highest BCUT2D eigenvalue weighted by molar-refractivity contribution is 5.26. The molecule has 2 rings (SSSR count). The fourth-order valence-electron chi connectivity index (χ4n) is 2.58. The van der Waals surface area contributed by atoms with Crippen LogP contribution in [0.2, 0.25) is 0 Å². The third-order valence-corrected chi connectivity index (χ3v) is 4.14. The molecule has 100 valence electrons. The summed E-state index contributed by atoms with van der Waals surface area (Å²) in [5.41, 5.74) is 1.42. The molecular formula is C15H23NO2. The van der Waals surface area contributed by atoms with Gasteiger partial charge >= 0.3 is 0 Å². The zero-order chi connectivity index (χ0) is 13.2. The maximum atomic E-state index is 6.00. The molecule has 2 unspecified atom stereocenters. The van der Waals surface area contributed by atoms with Crippen molar-refractivity contribution in [3.63, 3.8) is 0 Å². The Morgan fingerprint density at radius 3 is 2.44 bits per heavy atom. The summed E-state index contributed by atoms with van der Waals surface area (Å²) in [4.78, 5) is 0. The Hall–Kier alpha value is -1.06. The number of benzene rings is 1. The Morgan fingerprint density at radius 2 is 1.94 bits per heavy atom. The lowest BCUT2D eigenvalue weighted by atomic mass is 9.64. The monoisotopic (exact) mass is 249 g/mol. The molecule has 1 fully saturated rings. The van der Waals surface area contributed by atoms with E-state index in [1.807, 2.05) is 19.2 Å². The molecule has 2 atom stereocenters. The highest BCUT2D eigenvalue weighted by Crippen LogP contribution is 2.42. The molecule has 0 bridgehead atoms. The van der Waals surface area contributed by atoms with Crippen LogP contribution >= 0.6 is 0 Å². The third kappa shape index (κ3) is 2.52. The molecule has 1 aliphatic rings. The first-order valence-corrected chi connectivity index (χ1v) is 6.49. The average molecular weight is 249 g/mol. The van der Waals surface area contributed by atoms with Crippen LogP contribution in [0.1, 0.15) is 25.8 Å². The van der Waals surface area contributed by atoms with Crippen LogP contribution in [0, 0.1) is 5.41 Å². The van der Waals surface area contributed by atoms with Crippen LogP contribution < -0.4 is 10.1 Å². The van der Waals surface area contributed by atoms with E-state index in [9.17, 15) is 0 Å². The molecule has 18 heavy (non-hydrogen) atoms. The lowest BCUT2D eigenvalue weighted by Crippen LogP contribution is -2.59. The van der Waals surface area contributed by atoms with E-state index >= 15 is 0 Å². The van der Waals surface area contributed by atoms with Crippen molar-refractivity contribution in [3.8, 4) is 5.75 Å². The maximum absolute atomic E-state index is 6.00. The van der Waals surface area contributed by atoms with Gasteiger partial charge in [0.05, 0.1) is 19.8 Å². The summed E-state index contributed by atoms with van der Waals surface area (Å²) in [6.45, 7) is 5.20. The molecule has 0 saturated heterocycles. The Morgan fingerprint density at radius 1 is 1.28 bits per heavy atom. The van der Waals surface area contributed by atoms with E-state index in [2.05, 4.69) is 31.3 Å². The van der Waals surface area contributed by atoms with E-state index in [1.54, 1.807) is 7.11 Å². The zero-order valence-corrected chi connectivity index (χ0v) is 11.7. The molecule has 1 aromatic rings. The molecule has 1 saturated carbocycles. The lowest BCUT2D eigenvalue weighted by Gasteiger charge is -2.51. The lowest BCUT2D eigenvalue weighted by molar-refractivity contribution is -0.123. The molecule has 0 amide bonds. The van der Waals surface area contributed by atoms with E-state index in [4.69, 9.17) is 9.47 Å². The quantitative estimate of drug-likeness (QED) is 0.870. The van der Waals surface area contributed by atoms with Crippen molar-refractivity contribution in [3.05, 3.63) is 29.8 Å². The summed E-state index contributed by atoms with van der Waals surface area (Å²) in [5, 5.41) is 3.34. The predicted molar refractivity (Wildman–Crippen MR) is 72.8 cm³/mol. The second-order valence-corrected chi connectivity index (χ2v) is 5.55. The van der Waals surface area contributed by atoms with Gasteiger partial charge in [-0.3, -0.25) is 0 Å². The largest absolute Gasteiger partial charge is 0.497 e.